The molecular weight excluding hydrogens is 398 g/mol. The molecule has 3 aromatic rings. The molecule has 1 unspecified atom stereocenters. The smallest absolute Gasteiger partial charge is 0.204 e. The number of hydrogen-bond acceptors (Lipinski definition) is 6. The molecule has 0 spiro atoms. The molecule has 1 fully saturated rings. The Hall–Kier alpha value is -2.51. The molecule has 172 valence electrons. The molecule has 3 N–H and O–H groups in total. The maximum Gasteiger partial charge on any atom is 0.204 e. The van der Waals surface area contributed by atoms with Crippen molar-refractivity contribution in [1.29, 1.82) is 0 Å². The van der Waals surface area contributed by atoms with E-state index in [1.54, 1.807) is 0 Å². The number of rotatable bonds is 7. The van der Waals surface area contributed by atoms with E-state index in [9.17, 15) is 0 Å². The van der Waals surface area contributed by atoms with Crippen LogP contribution < -0.4 is 11.1 Å². The summed E-state index contributed by atoms with van der Waals surface area (Å²) < 4.78 is 2.25. The van der Waals surface area contributed by atoms with Crippen LogP contribution >= 0.6 is 0 Å². The molecule has 0 aliphatic carbocycles. The highest BCUT2D eigenvalue weighted by Gasteiger charge is 2.23. The first kappa shape index (κ1) is 22.7. The van der Waals surface area contributed by atoms with Gasteiger partial charge in [0.2, 0.25) is 5.95 Å². The molecule has 0 bridgehead atoms. The van der Waals surface area contributed by atoms with Gasteiger partial charge in [-0.25, -0.2) is 4.98 Å². The molecule has 1 atom stereocenters. The van der Waals surface area contributed by atoms with Crippen LogP contribution in [0.1, 0.15) is 49.5 Å². The summed E-state index contributed by atoms with van der Waals surface area (Å²) in [5.41, 5.74) is 12.4. The minimum Gasteiger partial charge on any atom is -0.353 e. The maximum atomic E-state index is 6.29. The third-order valence-corrected chi connectivity index (χ3v) is 6.79. The first-order valence-electron chi connectivity index (χ1n) is 11.8. The van der Waals surface area contributed by atoms with Gasteiger partial charge in [-0.2, -0.15) is 0 Å². The van der Waals surface area contributed by atoms with Crippen LogP contribution in [-0.4, -0.2) is 56.1 Å². The number of benzene rings is 1. The summed E-state index contributed by atoms with van der Waals surface area (Å²) in [7, 11) is 0. The van der Waals surface area contributed by atoms with E-state index in [-0.39, 0.29) is 6.04 Å². The van der Waals surface area contributed by atoms with Crippen LogP contribution in [0.25, 0.3) is 11.0 Å². The lowest BCUT2D eigenvalue weighted by atomic mass is 10.0. The number of nitrogens with zero attached hydrogens (tertiary/aromatic N) is 5. The topological polar surface area (TPSA) is 84.9 Å². The number of hydrogen-bond donors (Lipinski definition) is 2. The number of nitrogens with two attached hydrogens (primary N) is 1. The van der Waals surface area contributed by atoms with Crippen molar-refractivity contribution in [3.05, 3.63) is 47.0 Å². The van der Waals surface area contributed by atoms with Crippen LogP contribution in [0.4, 0.5) is 5.95 Å². The minimum atomic E-state index is 0.242. The van der Waals surface area contributed by atoms with Crippen molar-refractivity contribution in [1.82, 2.24) is 24.4 Å². The Bertz CT molecular complexity index is 1060. The molecule has 3 heterocycles. The Kier molecular flexibility index (Phi) is 6.76. The lowest BCUT2D eigenvalue weighted by Crippen LogP contribution is -2.46. The SMILES string of the molecule is Cc1nc(C)c(Cn2c(NC3CCN(CC(N)C(C)C)CC3)nc3ccccc32)nc1C. The van der Waals surface area contributed by atoms with E-state index in [1.807, 2.05) is 26.8 Å². The van der Waals surface area contributed by atoms with Crippen molar-refractivity contribution in [3.63, 3.8) is 0 Å². The van der Waals surface area contributed by atoms with Gasteiger partial charge < -0.3 is 20.5 Å². The molecular formula is C25H37N7. The molecule has 7 nitrogen and oxygen atoms in total. The number of aryl methyl sites for hydroxylation is 3. The summed E-state index contributed by atoms with van der Waals surface area (Å²) >= 11 is 0. The zero-order valence-corrected chi connectivity index (χ0v) is 20.1. The predicted octanol–water partition coefficient (Wildman–Crippen LogP) is 3.66. The van der Waals surface area contributed by atoms with Gasteiger partial charge in [-0.05, 0) is 51.7 Å². The molecule has 7 heteroatoms. The average molecular weight is 436 g/mol. The zero-order chi connectivity index (χ0) is 22.8. The van der Waals surface area contributed by atoms with Crippen LogP contribution in [0.5, 0.6) is 0 Å². The van der Waals surface area contributed by atoms with Gasteiger partial charge >= 0.3 is 0 Å². The molecule has 32 heavy (non-hydrogen) atoms. The first-order chi connectivity index (χ1) is 15.3. The Morgan fingerprint density at radius 2 is 1.69 bits per heavy atom. The number of fused-ring (bicyclic) bond motifs is 1. The van der Waals surface area contributed by atoms with Gasteiger partial charge in [-0.3, -0.25) is 9.97 Å². The number of anilines is 1. The summed E-state index contributed by atoms with van der Waals surface area (Å²) in [5.74, 6) is 1.44. The van der Waals surface area contributed by atoms with Crippen molar-refractivity contribution in [2.45, 2.75) is 66.1 Å². The van der Waals surface area contributed by atoms with Gasteiger partial charge in [0.25, 0.3) is 0 Å². The zero-order valence-electron chi connectivity index (χ0n) is 20.1. The van der Waals surface area contributed by atoms with E-state index in [4.69, 9.17) is 20.7 Å². The number of aromatic nitrogens is 4. The van der Waals surface area contributed by atoms with Crippen LogP contribution in [0.3, 0.4) is 0 Å². The van der Waals surface area contributed by atoms with E-state index in [0.717, 1.165) is 72.2 Å². The van der Waals surface area contributed by atoms with E-state index >= 15 is 0 Å². The molecule has 4 rings (SSSR count). The van der Waals surface area contributed by atoms with Crippen molar-refractivity contribution >= 4 is 17.0 Å². The van der Waals surface area contributed by atoms with E-state index in [2.05, 4.69) is 46.8 Å². The second-order valence-electron chi connectivity index (χ2n) is 9.56. The molecule has 0 radical (unpaired) electrons. The monoisotopic (exact) mass is 435 g/mol. The second kappa shape index (κ2) is 9.55. The lowest BCUT2D eigenvalue weighted by molar-refractivity contribution is 0.194. The highest BCUT2D eigenvalue weighted by molar-refractivity contribution is 5.78. The molecule has 1 saturated heterocycles. The van der Waals surface area contributed by atoms with Crippen LogP contribution in [0.2, 0.25) is 0 Å². The fourth-order valence-corrected chi connectivity index (χ4v) is 4.36. The number of imidazole rings is 1. The number of piperidine rings is 1. The normalized spacial score (nSPS) is 16.7. The summed E-state index contributed by atoms with van der Waals surface area (Å²) in [4.78, 5) is 17.0. The molecule has 1 aromatic carbocycles. The van der Waals surface area contributed by atoms with Gasteiger partial charge in [0.15, 0.2) is 0 Å². The third kappa shape index (κ3) is 4.94. The first-order valence-corrected chi connectivity index (χ1v) is 11.8. The van der Waals surface area contributed by atoms with Crippen molar-refractivity contribution in [2.75, 3.05) is 25.0 Å². The second-order valence-corrected chi connectivity index (χ2v) is 9.56. The number of nitrogens with one attached hydrogen (secondary N) is 1. The Balaban J connectivity index is 1.52. The molecule has 0 amide bonds. The van der Waals surface area contributed by atoms with E-state index in [1.165, 1.54) is 0 Å². The van der Waals surface area contributed by atoms with Gasteiger partial charge in [-0.15, -0.1) is 0 Å². The summed E-state index contributed by atoms with van der Waals surface area (Å²) in [6.45, 7) is 14.3. The molecule has 2 aromatic heterocycles. The van der Waals surface area contributed by atoms with Gasteiger partial charge in [-0.1, -0.05) is 26.0 Å². The predicted molar refractivity (Wildman–Crippen MR) is 131 cm³/mol. The van der Waals surface area contributed by atoms with Gasteiger partial charge in [0.05, 0.1) is 40.4 Å². The van der Waals surface area contributed by atoms with Crippen molar-refractivity contribution < 1.29 is 0 Å². The van der Waals surface area contributed by atoms with Crippen molar-refractivity contribution in [2.24, 2.45) is 11.7 Å². The minimum absolute atomic E-state index is 0.242. The number of likely N-dealkylation sites (tertiary alicyclic amines) is 1. The van der Waals surface area contributed by atoms with Crippen LogP contribution in [0, 0.1) is 26.7 Å². The fourth-order valence-electron chi connectivity index (χ4n) is 4.36. The van der Waals surface area contributed by atoms with E-state index < -0.39 is 0 Å². The maximum absolute atomic E-state index is 6.29. The Labute approximate surface area is 191 Å². The van der Waals surface area contributed by atoms with Crippen LogP contribution in [0.15, 0.2) is 24.3 Å². The lowest BCUT2D eigenvalue weighted by Gasteiger charge is -2.34. The number of para-hydroxylation sites is 2. The van der Waals surface area contributed by atoms with E-state index in [0.29, 0.717) is 18.5 Å². The van der Waals surface area contributed by atoms with Crippen molar-refractivity contribution in [3.8, 4) is 0 Å². The molecule has 0 saturated carbocycles. The van der Waals surface area contributed by atoms with Gasteiger partial charge in [0.1, 0.15) is 0 Å². The van der Waals surface area contributed by atoms with Crippen LogP contribution in [-0.2, 0) is 6.54 Å². The average Bonchev–Trinajstić information content (AvgIpc) is 3.10. The summed E-state index contributed by atoms with van der Waals surface area (Å²) in [5, 5.41) is 3.75. The highest BCUT2D eigenvalue weighted by Crippen LogP contribution is 2.24. The van der Waals surface area contributed by atoms with Gasteiger partial charge in [0, 0.05) is 31.7 Å². The Morgan fingerprint density at radius 3 is 2.41 bits per heavy atom. The fraction of sp³-hybridized carbons (Fsp3) is 0.560. The molecule has 1 aliphatic rings. The summed E-state index contributed by atoms with van der Waals surface area (Å²) in [6.07, 6.45) is 2.19. The quantitative estimate of drug-likeness (QED) is 0.589. The summed E-state index contributed by atoms with van der Waals surface area (Å²) in [6, 6.07) is 8.97. The third-order valence-electron chi connectivity index (χ3n) is 6.79. The molecule has 1 aliphatic heterocycles. The Morgan fingerprint density at radius 1 is 1.00 bits per heavy atom. The standard InChI is InChI=1S/C25H37N7/c1-16(2)21(26)14-31-12-10-20(11-13-31)29-25-30-22-8-6-7-9-24(22)32(25)15-23-19(5)27-17(3)18(4)28-23/h6-9,16,20-21H,10-15,26H2,1-5H3,(H,29,30). The largest absolute Gasteiger partial charge is 0.353 e. The highest BCUT2D eigenvalue weighted by atomic mass is 15.2.